The van der Waals surface area contributed by atoms with Crippen molar-refractivity contribution in [3.05, 3.63) is 45.0 Å². The molecule has 0 bridgehead atoms. The number of likely N-dealkylation sites (N-methyl/N-ethyl adjacent to an activating group) is 1. The van der Waals surface area contributed by atoms with E-state index in [1.165, 1.54) is 29.1 Å². The number of amides is 1. The van der Waals surface area contributed by atoms with E-state index in [0.29, 0.717) is 5.92 Å². The maximum Gasteiger partial charge on any atom is 0.271 e. The number of nitro benzene ring substituents is 1. The highest BCUT2D eigenvalue weighted by atomic mass is 16.6. The third-order valence-electron chi connectivity index (χ3n) is 5.25. The van der Waals surface area contributed by atoms with E-state index in [-0.39, 0.29) is 40.6 Å². The Morgan fingerprint density at radius 1 is 1.35 bits per heavy atom. The van der Waals surface area contributed by atoms with Crippen molar-refractivity contribution < 1.29 is 9.72 Å². The molecule has 1 saturated carbocycles. The number of non-ortho nitro benzene ring substituents is 1. The van der Waals surface area contributed by atoms with Crippen LogP contribution >= 0.6 is 0 Å². The first-order valence-corrected chi connectivity index (χ1v) is 8.76. The van der Waals surface area contributed by atoms with Crippen LogP contribution in [0, 0.1) is 16.0 Å². The van der Waals surface area contributed by atoms with Crippen LogP contribution in [0.15, 0.2) is 29.3 Å². The normalized spacial score (nSPS) is 20.1. The van der Waals surface area contributed by atoms with Crippen molar-refractivity contribution in [2.45, 2.75) is 45.2 Å². The van der Waals surface area contributed by atoms with E-state index in [4.69, 9.17) is 0 Å². The van der Waals surface area contributed by atoms with Gasteiger partial charge in [-0.3, -0.25) is 24.3 Å². The quantitative estimate of drug-likeness (QED) is 0.617. The second-order valence-corrected chi connectivity index (χ2v) is 7.05. The fourth-order valence-electron chi connectivity index (χ4n) is 3.46. The van der Waals surface area contributed by atoms with Crippen LogP contribution in [0.3, 0.4) is 0 Å². The first-order valence-electron chi connectivity index (χ1n) is 8.76. The highest BCUT2D eigenvalue weighted by Gasteiger charge is 2.25. The number of rotatable bonds is 4. The first kappa shape index (κ1) is 18.0. The van der Waals surface area contributed by atoms with Gasteiger partial charge in [0.1, 0.15) is 6.54 Å². The van der Waals surface area contributed by atoms with Crippen molar-refractivity contribution in [3.63, 3.8) is 0 Å². The van der Waals surface area contributed by atoms with Gasteiger partial charge in [0.25, 0.3) is 11.2 Å². The number of hydrogen-bond donors (Lipinski definition) is 0. The van der Waals surface area contributed by atoms with Gasteiger partial charge in [-0.2, -0.15) is 0 Å². The summed E-state index contributed by atoms with van der Waals surface area (Å²) < 4.78 is 1.26. The summed E-state index contributed by atoms with van der Waals surface area (Å²) in [7, 11) is 1.78. The molecule has 8 nitrogen and oxygen atoms in total. The molecule has 1 heterocycles. The van der Waals surface area contributed by atoms with Crippen molar-refractivity contribution in [1.29, 1.82) is 0 Å². The molecule has 1 aromatic carbocycles. The molecule has 0 unspecified atom stereocenters. The van der Waals surface area contributed by atoms with Gasteiger partial charge in [0.05, 0.1) is 22.2 Å². The summed E-state index contributed by atoms with van der Waals surface area (Å²) in [6.07, 6.45) is 5.47. The Bertz CT molecular complexity index is 900. The number of nitrogens with zero attached hydrogens (tertiary/aromatic N) is 4. The minimum Gasteiger partial charge on any atom is -0.341 e. The number of nitro groups is 1. The average Bonchev–Trinajstić information content (AvgIpc) is 2.63. The summed E-state index contributed by atoms with van der Waals surface area (Å²) in [6.45, 7) is 2.14. The van der Waals surface area contributed by atoms with Crippen LogP contribution in [0.5, 0.6) is 0 Å². The molecular formula is C18H22N4O4. The lowest BCUT2D eigenvalue weighted by Crippen LogP contribution is -2.42. The number of carbonyl (C=O) groups excluding carboxylic acids is 1. The maximum absolute atomic E-state index is 12.6. The van der Waals surface area contributed by atoms with E-state index in [1.54, 1.807) is 11.9 Å². The Labute approximate surface area is 150 Å². The third kappa shape index (κ3) is 3.58. The van der Waals surface area contributed by atoms with Crippen LogP contribution < -0.4 is 5.56 Å². The molecule has 26 heavy (non-hydrogen) atoms. The molecule has 8 heteroatoms. The lowest BCUT2D eigenvalue weighted by molar-refractivity contribution is -0.384. The molecule has 1 fully saturated rings. The van der Waals surface area contributed by atoms with E-state index in [9.17, 15) is 19.7 Å². The molecule has 2 aromatic rings. The van der Waals surface area contributed by atoms with E-state index >= 15 is 0 Å². The van der Waals surface area contributed by atoms with E-state index < -0.39 is 4.92 Å². The van der Waals surface area contributed by atoms with E-state index in [0.717, 1.165) is 25.7 Å². The highest BCUT2D eigenvalue weighted by Crippen LogP contribution is 2.26. The lowest BCUT2D eigenvalue weighted by atomic mass is 9.87. The summed E-state index contributed by atoms with van der Waals surface area (Å²) >= 11 is 0. The summed E-state index contributed by atoms with van der Waals surface area (Å²) in [6, 6.07) is 4.13. The Balaban J connectivity index is 1.79. The van der Waals surface area contributed by atoms with Crippen LogP contribution in [0.1, 0.15) is 32.6 Å². The van der Waals surface area contributed by atoms with Crippen LogP contribution in [0.25, 0.3) is 10.9 Å². The predicted octanol–water partition coefficient (Wildman–Crippen LogP) is 2.34. The lowest BCUT2D eigenvalue weighted by Gasteiger charge is -2.33. The fraction of sp³-hybridized carbons (Fsp3) is 0.500. The molecule has 1 aliphatic carbocycles. The largest absolute Gasteiger partial charge is 0.341 e. The Hall–Kier alpha value is -2.77. The van der Waals surface area contributed by atoms with Crippen molar-refractivity contribution in [2.24, 2.45) is 5.92 Å². The van der Waals surface area contributed by atoms with Crippen LogP contribution in [0.2, 0.25) is 0 Å². The van der Waals surface area contributed by atoms with Crippen LogP contribution in [-0.2, 0) is 11.3 Å². The van der Waals surface area contributed by atoms with Crippen LogP contribution in [-0.4, -0.2) is 38.4 Å². The molecule has 138 valence electrons. The second kappa shape index (κ2) is 7.23. The summed E-state index contributed by atoms with van der Waals surface area (Å²) in [5.41, 5.74) is -0.240. The number of fused-ring (bicyclic) bond motifs is 1. The summed E-state index contributed by atoms with van der Waals surface area (Å²) in [4.78, 5) is 41.3. The topological polar surface area (TPSA) is 98.3 Å². The van der Waals surface area contributed by atoms with Crippen molar-refractivity contribution >= 4 is 22.5 Å². The molecule has 0 atom stereocenters. The first-order chi connectivity index (χ1) is 12.4. The van der Waals surface area contributed by atoms with Gasteiger partial charge in [0.15, 0.2) is 0 Å². The minimum atomic E-state index is -0.532. The summed E-state index contributed by atoms with van der Waals surface area (Å²) in [5, 5.41) is 11.1. The monoisotopic (exact) mass is 358 g/mol. The van der Waals surface area contributed by atoms with Gasteiger partial charge in [0.2, 0.25) is 5.91 Å². The highest BCUT2D eigenvalue weighted by molar-refractivity contribution is 5.80. The molecule has 1 aromatic heterocycles. The van der Waals surface area contributed by atoms with Gasteiger partial charge < -0.3 is 4.90 Å². The molecule has 0 radical (unpaired) electrons. The van der Waals surface area contributed by atoms with Gasteiger partial charge in [-0.15, -0.1) is 0 Å². The molecule has 1 aliphatic rings. The van der Waals surface area contributed by atoms with Crippen LogP contribution in [0.4, 0.5) is 5.69 Å². The number of benzene rings is 1. The van der Waals surface area contributed by atoms with Gasteiger partial charge in [-0.1, -0.05) is 6.92 Å². The Morgan fingerprint density at radius 3 is 2.69 bits per heavy atom. The zero-order chi connectivity index (χ0) is 18.8. The fourth-order valence-corrected chi connectivity index (χ4v) is 3.46. The molecule has 0 aliphatic heterocycles. The second-order valence-electron chi connectivity index (χ2n) is 7.05. The predicted molar refractivity (Wildman–Crippen MR) is 96.8 cm³/mol. The number of hydrogen-bond acceptors (Lipinski definition) is 5. The average molecular weight is 358 g/mol. The van der Waals surface area contributed by atoms with Crippen molar-refractivity contribution in [2.75, 3.05) is 7.05 Å². The molecule has 1 amide bonds. The maximum atomic E-state index is 12.6. The summed E-state index contributed by atoms with van der Waals surface area (Å²) in [5.74, 6) is 0.570. The zero-order valence-electron chi connectivity index (χ0n) is 14.9. The van der Waals surface area contributed by atoms with Gasteiger partial charge in [-0.05, 0) is 37.7 Å². The standard InChI is InChI=1S/C18H22N4O4/c1-12-3-5-13(6-4-12)20(2)17(23)10-21-11-19-16-9-14(22(25)26)7-8-15(16)18(21)24/h7-9,11-13H,3-6,10H2,1-2H3. The molecule has 0 spiro atoms. The molecule has 0 saturated heterocycles. The van der Waals surface area contributed by atoms with E-state index in [2.05, 4.69) is 11.9 Å². The SMILES string of the molecule is CC1CCC(N(C)C(=O)Cn2cnc3cc([N+](=O)[O-])ccc3c2=O)CC1. The number of carbonyl (C=O) groups is 1. The van der Waals surface area contributed by atoms with Gasteiger partial charge in [0, 0.05) is 25.2 Å². The molecule has 0 N–H and O–H groups in total. The Morgan fingerprint density at radius 2 is 2.04 bits per heavy atom. The van der Waals surface area contributed by atoms with E-state index in [1.807, 2.05) is 0 Å². The zero-order valence-corrected chi connectivity index (χ0v) is 14.9. The van der Waals surface area contributed by atoms with Gasteiger partial charge in [-0.25, -0.2) is 4.98 Å². The Kier molecular flexibility index (Phi) is 5.01. The molecular weight excluding hydrogens is 336 g/mol. The van der Waals surface area contributed by atoms with Crippen molar-refractivity contribution in [3.8, 4) is 0 Å². The third-order valence-corrected chi connectivity index (χ3v) is 5.25. The molecule has 3 rings (SSSR count). The smallest absolute Gasteiger partial charge is 0.271 e. The minimum absolute atomic E-state index is 0.0820. The van der Waals surface area contributed by atoms with Gasteiger partial charge >= 0.3 is 0 Å². The number of aromatic nitrogens is 2. The van der Waals surface area contributed by atoms with Crippen molar-refractivity contribution in [1.82, 2.24) is 14.5 Å².